The van der Waals surface area contributed by atoms with Crippen LogP contribution >= 0.6 is 11.3 Å². The summed E-state index contributed by atoms with van der Waals surface area (Å²) in [6.45, 7) is 8.72. The van der Waals surface area contributed by atoms with Crippen molar-refractivity contribution in [3.8, 4) is 12.3 Å². The molecule has 0 atom stereocenters. The number of nitrogens with zero attached hydrogens (tertiary/aromatic N) is 1. The molecule has 0 aromatic carbocycles. The third-order valence-electron chi connectivity index (χ3n) is 2.88. The number of sulfonamides is 1. The van der Waals surface area contributed by atoms with Gasteiger partial charge in [-0.15, -0.1) is 17.8 Å². The van der Waals surface area contributed by atoms with Crippen LogP contribution in [-0.4, -0.2) is 31.9 Å². The first-order valence-corrected chi connectivity index (χ1v) is 8.90. The molecule has 0 amide bonds. The van der Waals surface area contributed by atoms with Crippen molar-refractivity contribution in [3.05, 3.63) is 15.8 Å². The Labute approximate surface area is 126 Å². The summed E-state index contributed by atoms with van der Waals surface area (Å²) in [7, 11) is -3.52. The average Bonchev–Trinajstić information content (AvgIpc) is 2.75. The molecular formula is C14H22N2O2S2. The van der Waals surface area contributed by atoms with Crippen molar-refractivity contribution in [2.75, 3.05) is 13.1 Å². The Hall–Kier alpha value is -0.870. The molecule has 0 fully saturated rings. The van der Waals surface area contributed by atoms with Gasteiger partial charge in [0.2, 0.25) is 10.0 Å². The maximum Gasteiger partial charge on any atom is 0.245 e. The van der Waals surface area contributed by atoms with Crippen LogP contribution in [0.1, 0.15) is 31.2 Å². The second kappa shape index (κ2) is 7.23. The van der Waals surface area contributed by atoms with E-state index in [4.69, 9.17) is 6.42 Å². The van der Waals surface area contributed by atoms with E-state index < -0.39 is 10.0 Å². The fourth-order valence-electron chi connectivity index (χ4n) is 1.85. The largest absolute Gasteiger partial charge is 0.310 e. The van der Waals surface area contributed by atoms with Gasteiger partial charge >= 0.3 is 0 Å². The molecule has 0 radical (unpaired) electrons. The number of aryl methyl sites for hydroxylation is 1. The van der Waals surface area contributed by atoms with Crippen LogP contribution in [0.3, 0.4) is 0 Å². The Morgan fingerprint density at radius 2 is 2.15 bits per heavy atom. The minimum atomic E-state index is -3.52. The number of nitrogens with one attached hydrogen (secondary N) is 1. The second-order valence-electron chi connectivity index (χ2n) is 4.84. The quantitative estimate of drug-likeness (QED) is 0.785. The van der Waals surface area contributed by atoms with Crippen molar-refractivity contribution in [2.24, 2.45) is 0 Å². The van der Waals surface area contributed by atoms with Crippen molar-refractivity contribution in [1.82, 2.24) is 9.62 Å². The number of hydrogen-bond donors (Lipinski definition) is 1. The highest BCUT2D eigenvalue weighted by Gasteiger charge is 2.28. The van der Waals surface area contributed by atoms with Gasteiger partial charge in [0.05, 0.1) is 6.54 Å². The summed E-state index contributed by atoms with van der Waals surface area (Å²) in [5, 5.41) is 5.15. The molecule has 0 spiro atoms. The van der Waals surface area contributed by atoms with Crippen molar-refractivity contribution < 1.29 is 8.42 Å². The second-order valence-corrected chi connectivity index (χ2v) is 7.68. The lowest BCUT2D eigenvalue weighted by atomic mass is 10.3. The van der Waals surface area contributed by atoms with E-state index in [-0.39, 0.29) is 6.54 Å². The Kier molecular flexibility index (Phi) is 6.21. The summed E-state index contributed by atoms with van der Waals surface area (Å²) in [6, 6.07) is 0.306. The van der Waals surface area contributed by atoms with Gasteiger partial charge in [-0.1, -0.05) is 26.7 Å². The molecular weight excluding hydrogens is 292 g/mol. The fourth-order valence-corrected chi connectivity index (χ4v) is 4.92. The molecule has 1 N–H and O–H groups in total. The summed E-state index contributed by atoms with van der Waals surface area (Å²) in [4.78, 5) is 1.25. The van der Waals surface area contributed by atoms with E-state index in [0.29, 0.717) is 24.0 Å². The molecule has 20 heavy (non-hydrogen) atoms. The minimum absolute atomic E-state index is 0.102. The van der Waals surface area contributed by atoms with Crippen molar-refractivity contribution >= 4 is 21.4 Å². The van der Waals surface area contributed by atoms with Gasteiger partial charge in [0.1, 0.15) is 4.90 Å². The predicted octanol–water partition coefficient (Wildman–Crippen LogP) is 2.20. The summed E-state index contributed by atoms with van der Waals surface area (Å²) in [6.07, 6.45) is 5.26. The van der Waals surface area contributed by atoms with Crippen LogP contribution in [0.4, 0.5) is 0 Å². The molecule has 0 saturated carbocycles. The van der Waals surface area contributed by atoms with Crippen LogP contribution in [-0.2, 0) is 16.6 Å². The molecule has 1 rings (SSSR count). The lowest BCUT2D eigenvalue weighted by Crippen LogP contribution is -2.32. The molecule has 1 heterocycles. The third kappa shape index (κ3) is 3.83. The first kappa shape index (κ1) is 17.2. The Balaban J connectivity index is 3.17. The van der Waals surface area contributed by atoms with Gasteiger partial charge in [-0.05, 0) is 17.9 Å². The van der Waals surface area contributed by atoms with E-state index >= 15 is 0 Å². The standard InChI is InChI=1S/C14H22N2O2S2/c1-6-8-16(7-2)20(17,18)14-12(5)10-19-13(14)9-15-11(3)4/h1,10-11,15H,7-9H2,2-5H3. The van der Waals surface area contributed by atoms with Crippen LogP contribution in [0.2, 0.25) is 0 Å². The highest BCUT2D eigenvalue weighted by atomic mass is 32.2. The zero-order valence-electron chi connectivity index (χ0n) is 12.4. The summed E-state index contributed by atoms with van der Waals surface area (Å²) < 4.78 is 26.8. The highest BCUT2D eigenvalue weighted by Crippen LogP contribution is 2.29. The monoisotopic (exact) mass is 314 g/mol. The zero-order chi connectivity index (χ0) is 15.3. The minimum Gasteiger partial charge on any atom is -0.310 e. The van der Waals surface area contributed by atoms with Crippen LogP contribution in [0, 0.1) is 19.3 Å². The molecule has 0 saturated heterocycles. The van der Waals surface area contributed by atoms with Gasteiger partial charge in [0.25, 0.3) is 0 Å². The summed E-state index contributed by atoms with van der Waals surface area (Å²) in [5.74, 6) is 2.41. The van der Waals surface area contributed by atoms with Crippen molar-refractivity contribution in [2.45, 2.75) is 45.2 Å². The van der Waals surface area contributed by atoms with Crippen LogP contribution in [0.25, 0.3) is 0 Å². The van der Waals surface area contributed by atoms with Gasteiger partial charge in [-0.2, -0.15) is 4.31 Å². The maximum atomic E-state index is 12.7. The normalized spacial score (nSPS) is 12.1. The molecule has 1 aromatic rings. The van der Waals surface area contributed by atoms with Crippen LogP contribution < -0.4 is 5.32 Å². The molecule has 0 aliphatic heterocycles. The maximum absolute atomic E-state index is 12.7. The van der Waals surface area contributed by atoms with Crippen LogP contribution in [0.5, 0.6) is 0 Å². The SMILES string of the molecule is C#CCN(CC)S(=O)(=O)c1c(C)csc1CNC(C)C. The number of terminal acetylenes is 1. The Morgan fingerprint density at radius 3 is 2.65 bits per heavy atom. The third-order valence-corrected chi connectivity index (χ3v) is 6.26. The molecule has 1 aromatic heterocycles. The predicted molar refractivity (Wildman–Crippen MR) is 84.3 cm³/mol. The average molecular weight is 314 g/mol. The van der Waals surface area contributed by atoms with Crippen LogP contribution in [0.15, 0.2) is 10.3 Å². The van der Waals surface area contributed by atoms with E-state index in [9.17, 15) is 8.42 Å². The smallest absolute Gasteiger partial charge is 0.245 e. The lowest BCUT2D eigenvalue weighted by molar-refractivity contribution is 0.462. The molecule has 112 valence electrons. The van der Waals surface area contributed by atoms with Crippen molar-refractivity contribution in [1.29, 1.82) is 0 Å². The van der Waals surface area contributed by atoms with E-state index in [0.717, 1.165) is 10.4 Å². The topological polar surface area (TPSA) is 49.4 Å². The number of hydrogen-bond acceptors (Lipinski definition) is 4. The van der Waals surface area contributed by atoms with E-state index in [2.05, 4.69) is 11.2 Å². The van der Waals surface area contributed by atoms with Gasteiger partial charge in [0.15, 0.2) is 0 Å². The fraction of sp³-hybridized carbons (Fsp3) is 0.571. The first-order valence-electron chi connectivity index (χ1n) is 6.58. The van der Waals surface area contributed by atoms with E-state index in [1.807, 2.05) is 26.2 Å². The lowest BCUT2D eigenvalue weighted by Gasteiger charge is -2.19. The molecule has 6 heteroatoms. The highest BCUT2D eigenvalue weighted by molar-refractivity contribution is 7.89. The Bertz CT molecular complexity index is 583. The summed E-state index contributed by atoms with van der Waals surface area (Å²) >= 11 is 1.47. The van der Waals surface area contributed by atoms with E-state index in [1.165, 1.54) is 15.6 Å². The number of rotatable bonds is 7. The Morgan fingerprint density at radius 1 is 1.50 bits per heavy atom. The first-order chi connectivity index (χ1) is 9.34. The molecule has 0 aliphatic carbocycles. The zero-order valence-corrected chi connectivity index (χ0v) is 14.1. The van der Waals surface area contributed by atoms with Gasteiger partial charge in [-0.3, -0.25) is 0 Å². The molecule has 0 aliphatic rings. The van der Waals surface area contributed by atoms with E-state index in [1.54, 1.807) is 6.92 Å². The number of thiophene rings is 1. The summed E-state index contributed by atoms with van der Waals surface area (Å²) in [5.41, 5.74) is 0.783. The molecule has 0 bridgehead atoms. The van der Waals surface area contributed by atoms with Gasteiger partial charge < -0.3 is 5.32 Å². The van der Waals surface area contributed by atoms with Crippen molar-refractivity contribution in [3.63, 3.8) is 0 Å². The van der Waals surface area contributed by atoms with Gasteiger partial charge in [-0.25, -0.2) is 8.42 Å². The molecule has 4 nitrogen and oxygen atoms in total. The van der Waals surface area contributed by atoms with Gasteiger partial charge in [0, 0.05) is 24.0 Å². The molecule has 0 unspecified atom stereocenters.